The zero-order valence-corrected chi connectivity index (χ0v) is 16.7. The van der Waals surface area contributed by atoms with Crippen LogP contribution in [0.25, 0.3) is 11.3 Å². The average molecular weight is 384 g/mol. The number of halogens is 2. The monoisotopic (exact) mass is 383 g/mol. The Bertz CT molecular complexity index is 831. The molecule has 2 rings (SSSR count). The molecular weight excluding hydrogens is 361 g/mol. The Kier molecular flexibility index (Phi) is 5.55. The van der Waals surface area contributed by atoms with Gasteiger partial charge in [-0.1, -0.05) is 11.6 Å². The molecule has 0 spiro atoms. The average Bonchev–Trinajstić information content (AvgIpc) is 2.89. The van der Waals surface area contributed by atoms with Crippen molar-refractivity contribution in [2.45, 2.75) is 46.3 Å². The fourth-order valence-electron chi connectivity index (χ4n) is 2.36. The van der Waals surface area contributed by atoms with E-state index in [9.17, 15) is 9.18 Å². The van der Waals surface area contributed by atoms with E-state index in [1.165, 1.54) is 9.70 Å². The molecule has 1 atom stereocenters. The second-order valence-electron chi connectivity index (χ2n) is 7.11. The van der Waals surface area contributed by atoms with Gasteiger partial charge in [-0.3, -0.25) is 0 Å². The van der Waals surface area contributed by atoms with E-state index in [1.807, 2.05) is 0 Å². The number of aryl methyl sites for hydroxylation is 2. The Morgan fingerprint density at radius 3 is 2.58 bits per heavy atom. The van der Waals surface area contributed by atoms with Crippen molar-refractivity contribution in [1.82, 2.24) is 24.9 Å². The van der Waals surface area contributed by atoms with Gasteiger partial charge in [0.1, 0.15) is 17.0 Å². The summed E-state index contributed by atoms with van der Waals surface area (Å²) < 4.78 is 19.9. The van der Waals surface area contributed by atoms with E-state index in [-0.39, 0.29) is 10.7 Å². The van der Waals surface area contributed by atoms with E-state index in [1.54, 1.807) is 54.8 Å². The van der Waals surface area contributed by atoms with Gasteiger partial charge in [-0.05, 0) is 40.7 Å². The SMILES string of the molecule is Cc1cc(-c2nn(C)nc2C(C)N(C)C(=O)OC(C)(C)C)c(F)c(Cl)n1. The largest absolute Gasteiger partial charge is 0.444 e. The van der Waals surface area contributed by atoms with Gasteiger partial charge >= 0.3 is 6.09 Å². The summed E-state index contributed by atoms with van der Waals surface area (Å²) in [7, 11) is 3.22. The maximum Gasteiger partial charge on any atom is 0.410 e. The molecule has 2 aromatic heterocycles. The molecule has 0 aliphatic heterocycles. The van der Waals surface area contributed by atoms with Gasteiger partial charge in [-0.15, -0.1) is 0 Å². The maximum atomic E-state index is 14.5. The second-order valence-corrected chi connectivity index (χ2v) is 7.46. The van der Waals surface area contributed by atoms with Crippen molar-refractivity contribution >= 4 is 17.7 Å². The van der Waals surface area contributed by atoms with Crippen molar-refractivity contribution in [3.8, 4) is 11.3 Å². The maximum absolute atomic E-state index is 14.5. The third-order valence-electron chi connectivity index (χ3n) is 3.70. The number of ether oxygens (including phenoxy) is 1. The van der Waals surface area contributed by atoms with Crippen LogP contribution in [0.2, 0.25) is 5.15 Å². The molecule has 9 heteroatoms. The smallest absolute Gasteiger partial charge is 0.410 e. The number of carbonyl (C=O) groups is 1. The Morgan fingerprint density at radius 2 is 2.00 bits per heavy atom. The lowest BCUT2D eigenvalue weighted by atomic mass is 10.1. The number of rotatable bonds is 3. The van der Waals surface area contributed by atoms with E-state index in [0.29, 0.717) is 17.1 Å². The number of hydrogen-bond donors (Lipinski definition) is 0. The number of pyridine rings is 1. The molecule has 7 nitrogen and oxygen atoms in total. The highest BCUT2D eigenvalue weighted by Gasteiger charge is 2.29. The van der Waals surface area contributed by atoms with Crippen LogP contribution in [0.15, 0.2) is 6.07 Å². The lowest BCUT2D eigenvalue weighted by Gasteiger charge is -2.28. The predicted molar refractivity (Wildman–Crippen MR) is 96.4 cm³/mol. The van der Waals surface area contributed by atoms with E-state index >= 15 is 0 Å². The molecule has 0 saturated heterocycles. The van der Waals surface area contributed by atoms with Gasteiger partial charge in [-0.2, -0.15) is 15.0 Å². The van der Waals surface area contributed by atoms with E-state index in [0.717, 1.165) is 0 Å². The van der Waals surface area contributed by atoms with Gasteiger partial charge in [0, 0.05) is 25.4 Å². The molecule has 0 saturated carbocycles. The van der Waals surface area contributed by atoms with Crippen molar-refractivity contribution in [3.05, 3.63) is 28.4 Å². The zero-order valence-electron chi connectivity index (χ0n) is 16.0. The lowest BCUT2D eigenvalue weighted by molar-refractivity contribution is 0.0230. The highest BCUT2D eigenvalue weighted by molar-refractivity contribution is 6.29. The normalized spacial score (nSPS) is 12.8. The van der Waals surface area contributed by atoms with Gasteiger partial charge in [0.2, 0.25) is 0 Å². The minimum atomic E-state index is -0.675. The Morgan fingerprint density at radius 1 is 1.38 bits per heavy atom. The van der Waals surface area contributed by atoms with Gasteiger partial charge in [0.05, 0.1) is 6.04 Å². The van der Waals surface area contributed by atoms with Crippen LogP contribution in [0.3, 0.4) is 0 Å². The Labute approximate surface area is 157 Å². The van der Waals surface area contributed by atoms with Gasteiger partial charge in [-0.25, -0.2) is 14.2 Å². The molecular formula is C17H23ClFN5O2. The molecule has 0 N–H and O–H groups in total. The van der Waals surface area contributed by atoms with Crippen LogP contribution >= 0.6 is 11.6 Å². The molecule has 0 aliphatic carbocycles. The number of amides is 1. The quantitative estimate of drug-likeness (QED) is 0.751. The highest BCUT2D eigenvalue weighted by atomic mass is 35.5. The first-order chi connectivity index (χ1) is 11.9. The van der Waals surface area contributed by atoms with Crippen molar-refractivity contribution in [2.75, 3.05) is 7.05 Å². The molecule has 142 valence electrons. The number of nitrogens with zero attached hydrogens (tertiary/aromatic N) is 5. The number of carbonyl (C=O) groups excluding carboxylic acids is 1. The number of hydrogen-bond acceptors (Lipinski definition) is 5. The van der Waals surface area contributed by atoms with E-state index in [2.05, 4.69) is 15.2 Å². The fraction of sp³-hybridized carbons (Fsp3) is 0.529. The van der Waals surface area contributed by atoms with Crippen LogP contribution < -0.4 is 0 Å². The van der Waals surface area contributed by atoms with E-state index in [4.69, 9.17) is 16.3 Å². The summed E-state index contributed by atoms with van der Waals surface area (Å²) in [4.78, 5) is 19.0. The van der Waals surface area contributed by atoms with Gasteiger partial charge in [0.25, 0.3) is 0 Å². The predicted octanol–water partition coefficient (Wildman–Crippen LogP) is 3.91. The second kappa shape index (κ2) is 7.19. The minimum Gasteiger partial charge on any atom is -0.444 e. The highest BCUT2D eigenvalue weighted by Crippen LogP contribution is 2.32. The Hall–Kier alpha value is -2.22. The summed E-state index contributed by atoms with van der Waals surface area (Å²) in [5, 5.41) is 8.34. The van der Waals surface area contributed by atoms with Crippen LogP contribution in [-0.4, -0.2) is 43.6 Å². The van der Waals surface area contributed by atoms with Crippen LogP contribution in [-0.2, 0) is 11.8 Å². The molecule has 1 amide bonds. The molecule has 2 heterocycles. The summed E-state index contributed by atoms with van der Waals surface area (Å²) in [6, 6.07) is 1.05. The summed E-state index contributed by atoms with van der Waals surface area (Å²) in [5.74, 6) is -0.675. The number of aromatic nitrogens is 4. The van der Waals surface area contributed by atoms with Crippen LogP contribution in [0, 0.1) is 12.7 Å². The molecule has 0 bridgehead atoms. The molecule has 0 aliphatic rings. The fourth-order valence-corrected chi connectivity index (χ4v) is 2.60. The zero-order chi connectivity index (χ0) is 19.8. The minimum absolute atomic E-state index is 0.190. The van der Waals surface area contributed by atoms with Gasteiger partial charge in [0.15, 0.2) is 11.0 Å². The van der Waals surface area contributed by atoms with Gasteiger partial charge < -0.3 is 9.64 Å². The Balaban J connectivity index is 2.45. The summed E-state index contributed by atoms with van der Waals surface area (Å²) in [6.07, 6.45) is -0.508. The molecule has 0 fully saturated rings. The summed E-state index contributed by atoms with van der Waals surface area (Å²) in [6.45, 7) is 8.84. The first-order valence-electron chi connectivity index (χ1n) is 8.10. The third kappa shape index (κ3) is 4.30. The standard InChI is InChI=1S/C17H23ClFN5O2/c1-9-8-11(12(19)15(18)20-9)14-13(21-24(7)22-14)10(2)23(6)16(25)26-17(3,4)5/h8,10H,1-7H3. The molecule has 2 aromatic rings. The van der Waals surface area contributed by atoms with Crippen LogP contribution in [0.4, 0.5) is 9.18 Å². The summed E-state index contributed by atoms with van der Waals surface area (Å²) in [5.41, 5.74) is 0.853. The van der Waals surface area contributed by atoms with Crippen molar-refractivity contribution < 1.29 is 13.9 Å². The third-order valence-corrected chi connectivity index (χ3v) is 3.95. The molecule has 0 radical (unpaired) electrons. The first-order valence-corrected chi connectivity index (χ1v) is 8.48. The van der Waals surface area contributed by atoms with Crippen LogP contribution in [0.1, 0.15) is 45.1 Å². The molecule has 1 unspecified atom stereocenters. The van der Waals surface area contributed by atoms with Crippen molar-refractivity contribution in [2.24, 2.45) is 7.05 Å². The molecule has 0 aromatic carbocycles. The first kappa shape index (κ1) is 20.1. The summed E-state index contributed by atoms with van der Waals surface area (Å²) >= 11 is 5.87. The van der Waals surface area contributed by atoms with E-state index < -0.39 is 23.6 Å². The van der Waals surface area contributed by atoms with Crippen molar-refractivity contribution in [3.63, 3.8) is 0 Å². The van der Waals surface area contributed by atoms with Crippen molar-refractivity contribution in [1.29, 1.82) is 0 Å². The van der Waals surface area contributed by atoms with Crippen LogP contribution in [0.5, 0.6) is 0 Å². The molecule has 26 heavy (non-hydrogen) atoms. The lowest BCUT2D eigenvalue weighted by Crippen LogP contribution is -2.36. The topological polar surface area (TPSA) is 73.1 Å².